The third kappa shape index (κ3) is 7.16. The first kappa shape index (κ1) is 30.5. The first-order valence-electron chi connectivity index (χ1n) is 13.9. The monoisotopic (exact) mass is 614 g/mol. The van der Waals surface area contributed by atoms with E-state index in [4.69, 9.17) is 4.74 Å². The van der Waals surface area contributed by atoms with E-state index in [0.29, 0.717) is 40.8 Å². The predicted molar refractivity (Wildman–Crippen MR) is 161 cm³/mol. The van der Waals surface area contributed by atoms with Crippen LogP contribution in [0.25, 0.3) is 22.0 Å². The van der Waals surface area contributed by atoms with Gasteiger partial charge in [-0.15, -0.1) is 0 Å². The molecule has 1 aliphatic heterocycles. The van der Waals surface area contributed by atoms with Gasteiger partial charge in [-0.2, -0.15) is 0 Å². The number of aromatic nitrogens is 3. The Morgan fingerprint density at radius 3 is 2.65 bits per heavy atom. The minimum absolute atomic E-state index is 0.201. The van der Waals surface area contributed by atoms with Crippen molar-refractivity contribution in [2.45, 2.75) is 45.6 Å². The Hall–Kier alpha value is -3.97. The molecule has 9 nitrogen and oxygen atoms in total. The zero-order chi connectivity index (χ0) is 30.8. The molecule has 0 radical (unpaired) electrons. The fourth-order valence-corrected chi connectivity index (χ4v) is 6.42. The maximum absolute atomic E-state index is 15.0. The summed E-state index contributed by atoms with van der Waals surface area (Å²) in [5.74, 6) is -5.41. The molecule has 1 aliphatic rings. The Labute approximate surface area is 248 Å². The number of anilines is 2. The van der Waals surface area contributed by atoms with Gasteiger partial charge in [0.2, 0.25) is 27.8 Å². The van der Waals surface area contributed by atoms with Gasteiger partial charge in [0.25, 0.3) is 0 Å². The smallest absolute Gasteiger partial charge is 0.248 e. The van der Waals surface area contributed by atoms with Crippen molar-refractivity contribution >= 4 is 32.4 Å². The summed E-state index contributed by atoms with van der Waals surface area (Å²) < 4.78 is 76.5. The van der Waals surface area contributed by atoms with E-state index in [1.807, 2.05) is 0 Å². The van der Waals surface area contributed by atoms with Gasteiger partial charge < -0.3 is 15.4 Å². The molecule has 2 atom stereocenters. The minimum Gasteiger partial charge on any atom is -0.437 e. The Bertz CT molecular complexity index is 1730. The molecule has 1 fully saturated rings. The molecule has 43 heavy (non-hydrogen) atoms. The number of alkyl halides is 2. The third-order valence-electron chi connectivity index (χ3n) is 7.42. The summed E-state index contributed by atoms with van der Waals surface area (Å²) >= 11 is 0. The number of hydrogen-bond acceptors (Lipinski definition) is 8. The average molecular weight is 615 g/mol. The molecular weight excluding hydrogens is 581 g/mol. The molecule has 0 bridgehead atoms. The van der Waals surface area contributed by atoms with Crippen molar-refractivity contribution < 1.29 is 26.3 Å². The average Bonchev–Trinajstić information content (AvgIpc) is 2.96. The van der Waals surface area contributed by atoms with Crippen molar-refractivity contribution in [1.82, 2.24) is 20.3 Å². The summed E-state index contributed by atoms with van der Waals surface area (Å²) in [6.45, 7) is 5.37. The molecule has 0 aliphatic carbocycles. The van der Waals surface area contributed by atoms with Crippen LogP contribution in [-0.4, -0.2) is 54.2 Å². The molecule has 0 amide bonds. The van der Waals surface area contributed by atoms with Crippen molar-refractivity contribution in [3.63, 3.8) is 0 Å². The Morgan fingerprint density at radius 2 is 1.91 bits per heavy atom. The lowest BCUT2D eigenvalue weighted by molar-refractivity contribution is -0.0238. The van der Waals surface area contributed by atoms with Crippen LogP contribution in [0.5, 0.6) is 11.6 Å². The van der Waals surface area contributed by atoms with E-state index in [0.717, 1.165) is 38.9 Å². The highest BCUT2D eigenvalue weighted by molar-refractivity contribution is 7.92. The van der Waals surface area contributed by atoms with E-state index in [1.54, 1.807) is 49.6 Å². The maximum Gasteiger partial charge on any atom is 0.248 e. The number of halogens is 3. The first-order chi connectivity index (χ1) is 20.4. The van der Waals surface area contributed by atoms with E-state index >= 15 is 4.39 Å². The Balaban J connectivity index is 1.48. The van der Waals surface area contributed by atoms with Gasteiger partial charge >= 0.3 is 0 Å². The summed E-state index contributed by atoms with van der Waals surface area (Å²) in [5, 5.41) is 7.32. The molecule has 3 heterocycles. The maximum atomic E-state index is 15.0. The van der Waals surface area contributed by atoms with E-state index in [-0.39, 0.29) is 23.0 Å². The van der Waals surface area contributed by atoms with Crippen LogP contribution in [-0.2, 0) is 10.0 Å². The molecule has 0 spiro atoms. The molecule has 0 unspecified atom stereocenters. The highest BCUT2D eigenvalue weighted by Gasteiger charge is 2.34. The fraction of sp³-hybridized carbons (Fsp3) is 0.367. The second-order valence-electron chi connectivity index (χ2n) is 10.9. The van der Waals surface area contributed by atoms with Crippen molar-refractivity contribution in [2.24, 2.45) is 5.92 Å². The van der Waals surface area contributed by atoms with Crippen LogP contribution in [0.4, 0.5) is 24.8 Å². The van der Waals surface area contributed by atoms with E-state index < -0.39 is 33.4 Å². The zero-order valence-corrected chi connectivity index (χ0v) is 24.8. The number of nitrogens with zero attached hydrogens (tertiary/aromatic N) is 3. The van der Waals surface area contributed by atoms with Gasteiger partial charge in [-0.05, 0) is 69.1 Å². The molecule has 2 aromatic heterocycles. The standard InChI is InChI=1S/C30H33F3N6O3S/c1-18-8-9-21-22(10-11-24(31)26(21)39-43(40,41)17-19(2)30(3,32)33)27(18)42-28-23(7-5-14-35-28)25-12-15-36-29(38-25)37-20-6-4-13-34-16-20/h5,7-12,14-15,19-20,34,39H,4,6,13,16-17H2,1-3H3,(H,36,37,38)/t19-,20-/m0/s1. The molecule has 5 rings (SSSR count). The third-order valence-corrected chi connectivity index (χ3v) is 8.88. The molecule has 0 saturated carbocycles. The SMILES string of the molecule is Cc1ccc2c(NS(=O)(=O)C[C@H](C)C(C)(F)F)c(F)ccc2c1Oc1ncccc1-c1ccnc(N[C@H]2CCCNC2)n1. The Morgan fingerprint density at radius 1 is 1.12 bits per heavy atom. The van der Waals surface area contributed by atoms with Gasteiger partial charge in [0.05, 0.1) is 22.7 Å². The van der Waals surface area contributed by atoms with E-state index in [2.05, 4.69) is 30.3 Å². The normalized spacial score (nSPS) is 16.6. The highest BCUT2D eigenvalue weighted by atomic mass is 32.2. The highest BCUT2D eigenvalue weighted by Crippen LogP contribution is 2.40. The number of hydrogen-bond donors (Lipinski definition) is 3. The second kappa shape index (κ2) is 12.3. The topological polar surface area (TPSA) is 118 Å². The lowest BCUT2D eigenvalue weighted by Gasteiger charge is -2.23. The van der Waals surface area contributed by atoms with Crippen molar-refractivity contribution in [3.8, 4) is 22.9 Å². The van der Waals surface area contributed by atoms with Gasteiger partial charge in [0.1, 0.15) is 11.6 Å². The van der Waals surface area contributed by atoms with E-state index in [1.165, 1.54) is 6.07 Å². The fourth-order valence-electron chi connectivity index (χ4n) is 4.87. The van der Waals surface area contributed by atoms with Gasteiger partial charge in [-0.3, -0.25) is 4.72 Å². The van der Waals surface area contributed by atoms with Crippen LogP contribution < -0.4 is 20.1 Å². The quantitative estimate of drug-likeness (QED) is 0.195. The summed E-state index contributed by atoms with van der Waals surface area (Å²) in [7, 11) is -4.32. The number of aryl methyl sites for hydroxylation is 1. The van der Waals surface area contributed by atoms with Crippen LogP contribution in [0.2, 0.25) is 0 Å². The van der Waals surface area contributed by atoms with Gasteiger partial charge in [0.15, 0.2) is 0 Å². The number of ether oxygens (including phenoxy) is 1. The van der Waals surface area contributed by atoms with Crippen molar-refractivity contribution in [3.05, 3.63) is 66.2 Å². The number of pyridine rings is 1. The van der Waals surface area contributed by atoms with Crippen molar-refractivity contribution in [1.29, 1.82) is 0 Å². The molecule has 228 valence electrons. The number of sulfonamides is 1. The number of fused-ring (bicyclic) bond motifs is 1. The lowest BCUT2D eigenvalue weighted by Crippen LogP contribution is -2.38. The number of piperidine rings is 1. The van der Waals surface area contributed by atoms with Crippen LogP contribution in [0.15, 0.2) is 54.9 Å². The second-order valence-corrected chi connectivity index (χ2v) is 12.6. The molecule has 4 aromatic rings. The van der Waals surface area contributed by atoms with Gasteiger partial charge in [0, 0.05) is 41.7 Å². The molecule has 3 N–H and O–H groups in total. The van der Waals surface area contributed by atoms with Crippen LogP contribution in [0.1, 0.15) is 32.3 Å². The molecule has 1 saturated heterocycles. The minimum atomic E-state index is -4.32. The summed E-state index contributed by atoms with van der Waals surface area (Å²) in [4.78, 5) is 13.5. The molecule has 13 heteroatoms. The number of rotatable bonds is 10. The molecule has 2 aromatic carbocycles. The summed E-state index contributed by atoms with van der Waals surface area (Å²) in [5.41, 5.74) is 1.49. The van der Waals surface area contributed by atoms with Crippen molar-refractivity contribution in [2.75, 3.05) is 28.9 Å². The van der Waals surface area contributed by atoms with Gasteiger partial charge in [-0.25, -0.2) is 36.5 Å². The van der Waals surface area contributed by atoms with E-state index in [9.17, 15) is 17.2 Å². The van der Waals surface area contributed by atoms with Crippen LogP contribution >= 0.6 is 0 Å². The summed E-state index contributed by atoms with van der Waals surface area (Å²) in [6, 6.07) is 11.3. The first-order valence-corrected chi connectivity index (χ1v) is 15.6. The lowest BCUT2D eigenvalue weighted by atomic mass is 10.0. The van der Waals surface area contributed by atoms with Crippen LogP contribution in [0, 0.1) is 18.7 Å². The molecular formula is C30H33F3N6O3S. The van der Waals surface area contributed by atoms with Gasteiger partial charge in [-0.1, -0.05) is 19.1 Å². The Kier molecular flexibility index (Phi) is 8.74. The largest absolute Gasteiger partial charge is 0.437 e. The van der Waals surface area contributed by atoms with Crippen LogP contribution in [0.3, 0.4) is 0 Å². The zero-order valence-electron chi connectivity index (χ0n) is 24.0. The summed E-state index contributed by atoms with van der Waals surface area (Å²) in [6.07, 6.45) is 5.28. The predicted octanol–water partition coefficient (Wildman–Crippen LogP) is 6.13. The number of benzene rings is 2. The number of nitrogens with one attached hydrogen (secondary N) is 3.